The summed E-state index contributed by atoms with van der Waals surface area (Å²) in [5.41, 5.74) is 5.36. The van der Waals surface area contributed by atoms with Crippen molar-refractivity contribution in [1.82, 2.24) is 0 Å². The summed E-state index contributed by atoms with van der Waals surface area (Å²) in [6.07, 6.45) is 0.974. The molecule has 0 bridgehead atoms. The first kappa shape index (κ1) is 13.8. The maximum absolute atomic E-state index is 13.6. The highest BCUT2D eigenvalue weighted by Gasteiger charge is 2.14. The fourth-order valence-electron chi connectivity index (χ4n) is 1.30. The molecule has 1 aromatic rings. The predicted molar refractivity (Wildman–Crippen MR) is 70.2 cm³/mol. The topological polar surface area (TPSA) is 38.0 Å². The van der Waals surface area contributed by atoms with Crippen molar-refractivity contribution in [2.75, 3.05) is 11.9 Å². The van der Waals surface area contributed by atoms with E-state index in [2.05, 4.69) is 17.5 Å². The van der Waals surface area contributed by atoms with Crippen molar-refractivity contribution in [3.05, 3.63) is 29.3 Å². The zero-order valence-electron chi connectivity index (χ0n) is 9.89. The van der Waals surface area contributed by atoms with E-state index in [1.807, 2.05) is 13.8 Å². The van der Waals surface area contributed by atoms with Crippen LogP contribution in [0.25, 0.3) is 0 Å². The smallest absolute Gasteiger partial charge is 0.182 e. The van der Waals surface area contributed by atoms with Crippen molar-refractivity contribution in [2.24, 2.45) is 11.7 Å². The quantitative estimate of drug-likeness (QED) is 0.797. The van der Waals surface area contributed by atoms with Gasteiger partial charge in [0.2, 0.25) is 0 Å². The number of hydrogen-bond donors (Lipinski definition) is 2. The first-order valence-corrected chi connectivity index (χ1v) is 5.89. The number of thiocarbonyl (C=S) groups is 1. The van der Waals surface area contributed by atoms with Gasteiger partial charge in [0.1, 0.15) is 4.99 Å². The molecule has 0 radical (unpaired) electrons. The van der Waals surface area contributed by atoms with Crippen molar-refractivity contribution in [1.29, 1.82) is 0 Å². The van der Waals surface area contributed by atoms with Gasteiger partial charge >= 0.3 is 0 Å². The Bertz CT molecular complexity index is 421. The van der Waals surface area contributed by atoms with E-state index in [9.17, 15) is 8.78 Å². The zero-order chi connectivity index (χ0) is 13.0. The molecule has 2 nitrogen and oxygen atoms in total. The number of nitrogens with two attached hydrogens (primary N) is 1. The van der Waals surface area contributed by atoms with Gasteiger partial charge in [-0.25, -0.2) is 8.78 Å². The van der Waals surface area contributed by atoms with Gasteiger partial charge in [0.05, 0.1) is 5.69 Å². The predicted octanol–water partition coefficient (Wildman–Crippen LogP) is 3.06. The number of nitrogens with one attached hydrogen (secondary N) is 1. The van der Waals surface area contributed by atoms with Gasteiger partial charge in [-0.2, -0.15) is 0 Å². The molecule has 5 heteroatoms. The minimum absolute atomic E-state index is 0.0633. The van der Waals surface area contributed by atoms with Crippen LogP contribution in [0.4, 0.5) is 14.5 Å². The van der Waals surface area contributed by atoms with Crippen LogP contribution in [0, 0.1) is 17.6 Å². The largest absolute Gasteiger partial charge is 0.389 e. The maximum Gasteiger partial charge on any atom is 0.182 e. The molecular formula is C12H16F2N2S. The third kappa shape index (κ3) is 3.36. The zero-order valence-corrected chi connectivity index (χ0v) is 10.7. The van der Waals surface area contributed by atoms with E-state index < -0.39 is 11.6 Å². The van der Waals surface area contributed by atoms with E-state index >= 15 is 0 Å². The van der Waals surface area contributed by atoms with Crippen molar-refractivity contribution in [3.8, 4) is 0 Å². The fourth-order valence-corrected chi connectivity index (χ4v) is 1.46. The lowest BCUT2D eigenvalue weighted by atomic mass is 10.1. The molecular weight excluding hydrogens is 242 g/mol. The lowest BCUT2D eigenvalue weighted by Gasteiger charge is -2.13. The van der Waals surface area contributed by atoms with E-state index in [-0.39, 0.29) is 16.2 Å². The lowest BCUT2D eigenvalue weighted by molar-refractivity contribution is 0.507. The summed E-state index contributed by atoms with van der Waals surface area (Å²) in [5, 5.41) is 2.87. The Labute approximate surface area is 105 Å². The maximum atomic E-state index is 13.6. The second-order valence-electron chi connectivity index (χ2n) is 4.05. The second kappa shape index (κ2) is 5.91. The molecule has 0 amide bonds. The summed E-state index contributed by atoms with van der Waals surface area (Å²) < 4.78 is 27.2. The Morgan fingerprint density at radius 3 is 2.59 bits per heavy atom. The number of anilines is 1. The third-order valence-corrected chi connectivity index (χ3v) is 2.91. The molecule has 0 spiro atoms. The van der Waals surface area contributed by atoms with Crippen LogP contribution in [0.1, 0.15) is 25.8 Å². The van der Waals surface area contributed by atoms with Gasteiger partial charge < -0.3 is 11.1 Å². The van der Waals surface area contributed by atoms with Gasteiger partial charge in [-0.15, -0.1) is 0 Å². The SMILES string of the molecule is CCC(C)CNc1ccc(C(N)=S)c(F)c1F. The Balaban J connectivity index is 2.89. The lowest BCUT2D eigenvalue weighted by Crippen LogP contribution is -2.15. The minimum Gasteiger partial charge on any atom is -0.389 e. The first-order valence-electron chi connectivity index (χ1n) is 5.49. The van der Waals surface area contributed by atoms with Crippen LogP contribution < -0.4 is 11.1 Å². The van der Waals surface area contributed by atoms with Crippen LogP contribution in [0.3, 0.4) is 0 Å². The van der Waals surface area contributed by atoms with Crippen LogP contribution in [0.5, 0.6) is 0 Å². The van der Waals surface area contributed by atoms with E-state index in [0.717, 1.165) is 6.42 Å². The van der Waals surface area contributed by atoms with E-state index in [1.54, 1.807) is 0 Å². The number of halogens is 2. The summed E-state index contributed by atoms with van der Waals surface area (Å²) in [5.74, 6) is -1.53. The summed E-state index contributed by atoms with van der Waals surface area (Å²) in [6, 6.07) is 2.84. The minimum atomic E-state index is -0.994. The highest BCUT2D eigenvalue weighted by Crippen LogP contribution is 2.21. The van der Waals surface area contributed by atoms with Crippen LogP contribution in [0.2, 0.25) is 0 Å². The monoisotopic (exact) mass is 258 g/mol. The first-order chi connectivity index (χ1) is 7.97. The number of rotatable bonds is 5. The number of hydrogen-bond acceptors (Lipinski definition) is 2. The molecule has 0 aliphatic rings. The fraction of sp³-hybridized carbons (Fsp3) is 0.417. The van der Waals surface area contributed by atoms with Gasteiger partial charge in [0, 0.05) is 12.1 Å². The Kier molecular flexibility index (Phi) is 4.81. The van der Waals surface area contributed by atoms with Gasteiger partial charge in [0.15, 0.2) is 11.6 Å². The molecule has 0 heterocycles. The Morgan fingerprint density at radius 2 is 2.06 bits per heavy atom. The van der Waals surface area contributed by atoms with Gasteiger partial charge in [-0.05, 0) is 18.1 Å². The summed E-state index contributed by atoms with van der Waals surface area (Å²) in [7, 11) is 0. The summed E-state index contributed by atoms with van der Waals surface area (Å²) in [4.78, 5) is -0.144. The van der Waals surface area contributed by atoms with E-state index in [1.165, 1.54) is 12.1 Å². The van der Waals surface area contributed by atoms with Gasteiger partial charge in [0.25, 0.3) is 0 Å². The van der Waals surface area contributed by atoms with Crippen LogP contribution in [-0.2, 0) is 0 Å². The van der Waals surface area contributed by atoms with Gasteiger partial charge in [-0.1, -0.05) is 32.5 Å². The third-order valence-electron chi connectivity index (χ3n) is 2.69. The molecule has 0 saturated carbocycles. The molecule has 17 heavy (non-hydrogen) atoms. The molecule has 0 saturated heterocycles. The number of benzene rings is 1. The highest BCUT2D eigenvalue weighted by molar-refractivity contribution is 7.80. The Hall–Kier alpha value is -1.23. The normalized spacial score (nSPS) is 12.2. The van der Waals surface area contributed by atoms with Crippen LogP contribution in [0.15, 0.2) is 12.1 Å². The van der Waals surface area contributed by atoms with Crippen molar-refractivity contribution < 1.29 is 8.78 Å². The van der Waals surface area contributed by atoms with Crippen LogP contribution >= 0.6 is 12.2 Å². The molecule has 1 unspecified atom stereocenters. The molecule has 94 valence electrons. The average Bonchev–Trinajstić information content (AvgIpc) is 2.30. The molecule has 3 N–H and O–H groups in total. The van der Waals surface area contributed by atoms with E-state index in [0.29, 0.717) is 12.5 Å². The summed E-state index contributed by atoms with van der Waals surface area (Å²) >= 11 is 4.63. The van der Waals surface area contributed by atoms with Crippen LogP contribution in [-0.4, -0.2) is 11.5 Å². The Morgan fingerprint density at radius 1 is 1.41 bits per heavy atom. The molecule has 1 atom stereocenters. The van der Waals surface area contributed by atoms with Crippen molar-refractivity contribution in [2.45, 2.75) is 20.3 Å². The molecule has 0 aliphatic carbocycles. The van der Waals surface area contributed by atoms with E-state index in [4.69, 9.17) is 5.73 Å². The molecule has 1 aromatic carbocycles. The second-order valence-corrected chi connectivity index (χ2v) is 4.49. The summed E-state index contributed by atoms with van der Waals surface area (Å²) in [6.45, 7) is 4.67. The van der Waals surface area contributed by atoms with Crippen molar-refractivity contribution >= 4 is 22.9 Å². The highest BCUT2D eigenvalue weighted by atomic mass is 32.1. The van der Waals surface area contributed by atoms with Gasteiger partial charge in [-0.3, -0.25) is 0 Å². The molecule has 0 fully saturated rings. The molecule has 0 aromatic heterocycles. The van der Waals surface area contributed by atoms with Crippen molar-refractivity contribution in [3.63, 3.8) is 0 Å². The average molecular weight is 258 g/mol. The molecule has 0 aliphatic heterocycles. The molecule has 1 rings (SSSR count). The standard InChI is InChI=1S/C12H16F2N2S/c1-3-7(2)6-16-9-5-4-8(12(15)17)10(13)11(9)14/h4-5,7,16H,3,6H2,1-2H3,(H2,15,17).